The molecule has 0 amide bonds. The number of carbonyl (C=O) groups is 1. The third-order valence-electron chi connectivity index (χ3n) is 9.82. The van der Waals surface area contributed by atoms with Gasteiger partial charge in [-0.05, 0) is 69.1 Å². The first-order valence-corrected chi connectivity index (χ1v) is 16.6. The molecular weight excluding hydrogens is 570 g/mol. The zero-order chi connectivity index (χ0) is 33.1. The van der Waals surface area contributed by atoms with Gasteiger partial charge in [0, 0.05) is 31.6 Å². The molecule has 0 radical (unpaired) electrons. The SMILES string of the molecule is CO/N=C1\C[C@]2(C[C@@H]3C[C@@H](C/C=C(\C)C[C@@H](C)/C=C/C=C(\C)[C@]4(O)C[C@H](O)C(C)=C[C@H]4C(=O)O3)O2)O[C@H](/C(C)=C/C(C)C)[C@H]1C. The van der Waals surface area contributed by atoms with Gasteiger partial charge < -0.3 is 29.3 Å². The largest absolute Gasteiger partial charge is 0.462 e. The highest BCUT2D eigenvalue weighted by Gasteiger charge is 2.53. The lowest BCUT2D eigenvalue weighted by molar-refractivity contribution is -0.313. The third-order valence-corrected chi connectivity index (χ3v) is 9.82. The van der Waals surface area contributed by atoms with Gasteiger partial charge in [-0.3, -0.25) is 4.79 Å². The van der Waals surface area contributed by atoms with Crippen molar-refractivity contribution >= 4 is 11.7 Å². The second-order valence-corrected chi connectivity index (χ2v) is 14.3. The van der Waals surface area contributed by atoms with Crippen molar-refractivity contribution < 1.29 is 34.1 Å². The number of aliphatic hydroxyl groups is 2. The average molecular weight is 626 g/mol. The van der Waals surface area contributed by atoms with Crippen molar-refractivity contribution in [3.05, 3.63) is 58.7 Å². The van der Waals surface area contributed by atoms with Gasteiger partial charge in [0.05, 0.1) is 24.0 Å². The van der Waals surface area contributed by atoms with E-state index in [1.54, 1.807) is 20.1 Å². The molecule has 0 aromatic carbocycles. The van der Waals surface area contributed by atoms with Crippen molar-refractivity contribution in [3.8, 4) is 0 Å². The molecule has 4 aliphatic rings. The fraction of sp³-hybridized carbons (Fsp3) is 0.676. The average Bonchev–Trinajstić information content (AvgIpc) is 2.94. The Kier molecular flexibility index (Phi) is 11.4. The number of hydrogen-bond acceptors (Lipinski definition) is 8. The van der Waals surface area contributed by atoms with Crippen molar-refractivity contribution in [1.82, 2.24) is 0 Å². The molecule has 1 aliphatic carbocycles. The predicted octanol–water partition coefficient (Wildman–Crippen LogP) is 6.74. The van der Waals surface area contributed by atoms with Crippen molar-refractivity contribution in [2.75, 3.05) is 7.11 Å². The van der Waals surface area contributed by atoms with Gasteiger partial charge in [0.15, 0.2) is 5.79 Å². The normalized spacial score (nSPS) is 42.6. The quantitative estimate of drug-likeness (QED) is 0.203. The number of ether oxygens (including phenoxy) is 3. The van der Waals surface area contributed by atoms with E-state index < -0.39 is 35.5 Å². The summed E-state index contributed by atoms with van der Waals surface area (Å²) in [6, 6.07) is 0. The maximum atomic E-state index is 14.0. The van der Waals surface area contributed by atoms with E-state index in [1.165, 1.54) is 5.57 Å². The van der Waals surface area contributed by atoms with Crippen LogP contribution in [0.4, 0.5) is 0 Å². The van der Waals surface area contributed by atoms with Gasteiger partial charge in [0.25, 0.3) is 0 Å². The van der Waals surface area contributed by atoms with E-state index in [-0.39, 0.29) is 30.5 Å². The van der Waals surface area contributed by atoms with Crippen LogP contribution >= 0.6 is 0 Å². The summed E-state index contributed by atoms with van der Waals surface area (Å²) in [5, 5.41) is 27.1. The van der Waals surface area contributed by atoms with E-state index in [1.807, 2.05) is 19.1 Å². The first-order valence-electron chi connectivity index (χ1n) is 16.6. The molecule has 0 aromatic heterocycles. The van der Waals surface area contributed by atoms with Crippen LogP contribution in [0.15, 0.2) is 63.9 Å². The minimum Gasteiger partial charge on any atom is -0.462 e. The van der Waals surface area contributed by atoms with E-state index in [0.717, 1.165) is 17.7 Å². The molecule has 0 aromatic rings. The zero-order valence-electron chi connectivity index (χ0n) is 28.7. The van der Waals surface area contributed by atoms with Gasteiger partial charge in [0.1, 0.15) is 24.7 Å². The van der Waals surface area contributed by atoms with Crippen molar-refractivity contribution in [2.24, 2.45) is 28.8 Å². The van der Waals surface area contributed by atoms with Crippen LogP contribution in [0.5, 0.6) is 0 Å². The number of allylic oxidation sites excluding steroid dienone is 5. The van der Waals surface area contributed by atoms with Crippen molar-refractivity contribution in [1.29, 1.82) is 0 Å². The molecule has 9 atom stereocenters. The minimum atomic E-state index is -1.59. The minimum absolute atomic E-state index is 0.0179. The number of hydrogen-bond donors (Lipinski definition) is 2. The molecular formula is C37H55NO7. The summed E-state index contributed by atoms with van der Waals surface area (Å²) in [5.41, 5.74) is 2.87. The molecule has 8 heteroatoms. The monoisotopic (exact) mass is 625 g/mol. The molecule has 4 rings (SSSR count). The molecule has 2 N–H and O–H groups in total. The van der Waals surface area contributed by atoms with E-state index in [2.05, 4.69) is 64.9 Å². The second kappa shape index (κ2) is 14.5. The van der Waals surface area contributed by atoms with E-state index >= 15 is 0 Å². The summed E-state index contributed by atoms with van der Waals surface area (Å²) in [7, 11) is 1.55. The number of nitrogens with zero attached hydrogens (tertiary/aromatic N) is 1. The maximum absolute atomic E-state index is 14.0. The predicted molar refractivity (Wildman–Crippen MR) is 176 cm³/mol. The van der Waals surface area contributed by atoms with Gasteiger partial charge in [-0.25, -0.2) is 0 Å². The lowest BCUT2D eigenvalue weighted by Gasteiger charge is -2.50. The summed E-state index contributed by atoms with van der Waals surface area (Å²) >= 11 is 0. The highest BCUT2D eigenvalue weighted by atomic mass is 16.7. The molecule has 3 aliphatic heterocycles. The molecule has 45 heavy (non-hydrogen) atoms. The smallest absolute Gasteiger partial charge is 0.316 e. The van der Waals surface area contributed by atoms with Gasteiger partial charge >= 0.3 is 5.97 Å². The standard InChI is InChI=1S/C37H55NO7/c1-22(2)15-26(6)34-28(8)32(38-42-9)20-36(45-34)19-30-18-29(44-36)14-13-24(4)16-23(3)11-10-12-27(7)37(41)21-33(39)25(5)17-31(37)35(40)43-30/h10-13,15,17,22-23,28-31,33-34,39,41H,14,16,18-21H2,1-9H3/b11-10+,24-13+,26-15+,27-12+,38-32+/t23-,28-,29+,30-,31-,33-,34+,36-,37+/m0/s1. The lowest BCUT2D eigenvalue weighted by atomic mass is 9.71. The topological polar surface area (TPSA) is 107 Å². The first-order chi connectivity index (χ1) is 21.2. The van der Waals surface area contributed by atoms with Crippen molar-refractivity contribution in [2.45, 2.75) is 130 Å². The fourth-order valence-electron chi connectivity index (χ4n) is 7.40. The second-order valence-electron chi connectivity index (χ2n) is 14.3. The Bertz CT molecular complexity index is 1280. The number of aliphatic hydroxyl groups excluding tert-OH is 1. The van der Waals surface area contributed by atoms with Crippen LogP contribution in [0, 0.1) is 23.7 Å². The molecule has 0 saturated carbocycles. The Balaban J connectivity index is 1.77. The molecule has 2 saturated heterocycles. The number of oxime groups is 1. The summed E-state index contributed by atoms with van der Waals surface area (Å²) in [6.45, 7) is 16.3. The molecule has 250 valence electrons. The molecule has 2 bridgehead atoms. The first kappa shape index (κ1) is 35.3. The maximum Gasteiger partial charge on any atom is 0.316 e. The summed E-state index contributed by atoms with van der Waals surface area (Å²) in [6.07, 6.45) is 12.8. The molecule has 1 spiro atoms. The Hall–Kier alpha value is -2.52. The number of esters is 1. The fourth-order valence-corrected chi connectivity index (χ4v) is 7.40. The highest BCUT2D eigenvalue weighted by Crippen LogP contribution is 2.45. The van der Waals surface area contributed by atoms with Crippen LogP contribution in [-0.4, -0.2) is 64.8 Å². The van der Waals surface area contributed by atoms with E-state index in [4.69, 9.17) is 19.0 Å². The third kappa shape index (κ3) is 8.26. The summed E-state index contributed by atoms with van der Waals surface area (Å²) in [5.74, 6) is -1.96. The van der Waals surface area contributed by atoms with Crippen molar-refractivity contribution in [3.63, 3.8) is 0 Å². The molecule has 3 heterocycles. The zero-order valence-corrected chi connectivity index (χ0v) is 28.7. The summed E-state index contributed by atoms with van der Waals surface area (Å²) < 4.78 is 20.1. The van der Waals surface area contributed by atoms with Crippen LogP contribution in [0.3, 0.4) is 0 Å². The van der Waals surface area contributed by atoms with Crippen LogP contribution in [0.1, 0.15) is 93.9 Å². The lowest BCUT2D eigenvalue weighted by Crippen LogP contribution is -2.57. The highest BCUT2D eigenvalue weighted by molar-refractivity contribution is 5.88. The van der Waals surface area contributed by atoms with Gasteiger partial charge in [-0.1, -0.05) is 74.9 Å². The number of carbonyl (C=O) groups excluding carboxylic acids is 1. The van der Waals surface area contributed by atoms with Gasteiger partial charge in [-0.2, -0.15) is 0 Å². The molecule has 8 nitrogen and oxygen atoms in total. The molecule has 0 unspecified atom stereocenters. The van der Waals surface area contributed by atoms with Gasteiger partial charge in [0.2, 0.25) is 0 Å². The Morgan fingerprint density at radius 3 is 2.58 bits per heavy atom. The summed E-state index contributed by atoms with van der Waals surface area (Å²) in [4.78, 5) is 19.3. The van der Waals surface area contributed by atoms with E-state index in [9.17, 15) is 15.0 Å². The Labute approximate surface area is 269 Å². The van der Waals surface area contributed by atoms with Crippen LogP contribution in [0.2, 0.25) is 0 Å². The van der Waals surface area contributed by atoms with Crippen LogP contribution < -0.4 is 0 Å². The Morgan fingerprint density at radius 2 is 1.89 bits per heavy atom. The Morgan fingerprint density at radius 1 is 1.16 bits per heavy atom. The number of rotatable bonds is 3. The van der Waals surface area contributed by atoms with E-state index in [0.29, 0.717) is 42.7 Å². The molecule has 2 fully saturated rings. The van der Waals surface area contributed by atoms with Crippen LogP contribution in [-0.2, 0) is 23.8 Å². The number of fused-ring (bicyclic) bond motifs is 3. The van der Waals surface area contributed by atoms with Crippen LogP contribution in [0.25, 0.3) is 0 Å². The van der Waals surface area contributed by atoms with Gasteiger partial charge in [-0.15, -0.1) is 0 Å².